The van der Waals surface area contributed by atoms with Crippen LogP contribution in [-0.4, -0.2) is 29.8 Å². The molecule has 0 heterocycles. The molecular weight excluding hydrogens is 158 g/mol. The highest BCUT2D eigenvalue weighted by molar-refractivity contribution is 5.75. The van der Waals surface area contributed by atoms with E-state index >= 15 is 0 Å². The lowest BCUT2D eigenvalue weighted by Crippen LogP contribution is -2.33. The first-order chi connectivity index (χ1) is 5.57. The number of aliphatic hydroxyl groups is 1. The van der Waals surface area contributed by atoms with Crippen molar-refractivity contribution in [2.45, 2.75) is 38.8 Å². The summed E-state index contributed by atoms with van der Waals surface area (Å²) < 4.78 is 4.86. The lowest BCUT2D eigenvalue weighted by Gasteiger charge is -2.12. The van der Waals surface area contributed by atoms with Crippen LogP contribution in [0.25, 0.3) is 0 Å². The number of carbonyl (C=O) groups is 1. The Labute approximate surface area is 72.7 Å². The van der Waals surface area contributed by atoms with Crippen LogP contribution >= 0.6 is 0 Å². The molecule has 0 aromatic carbocycles. The molecule has 0 amide bonds. The smallest absolute Gasteiger partial charge is 0.323 e. The van der Waals surface area contributed by atoms with Crippen LogP contribution in [0.2, 0.25) is 0 Å². The van der Waals surface area contributed by atoms with E-state index in [0.717, 1.165) is 0 Å². The van der Waals surface area contributed by atoms with Gasteiger partial charge >= 0.3 is 5.97 Å². The summed E-state index contributed by atoms with van der Waals surface area (Å²) in [5, 5.41) is 8.47. The Kier molecular flexibility index (Phi) is 5.66. The molecule has 4 heteroatoms. The molecule has 0 radical (unpaired) electrons. The third-order valence-electron chi connectivity index (χ3n) is 1.33. The lowest BCUT2D eigenvalue weighted by atomic mass is 10.2. The predicted molar refractivity (Wildman–Crippen MR) is 45.5 cm³/mol. The summed E-state index contributed by atoms with van der Waals surface area (Å²) in [7, 11) is 0. The van der Waals surface area contributed by atoms with E-state index in [4.69, 9.17) is 15.6 Å². The predicted octanol–water partition coefficient (Wildman–Crippen LogP) is 0.0378. The van der Waals surface area contributed by atoms with Crippen molar-refractivity contribution in [2.75, 3.05) is 6.61 Å². The van der Waals surface area contributed by atoms with Gasteiger partial charge in [0.15, 0.2) is 0 Å². The highest BCUT2D eigenvalue weighted by Gasteiger charge is 2.15. The first-order valence-electron chi connectivity index (χ1n) is 4.15. The number of esters is 1. The van der Waals surface area contributed by atoms with E-state index < -0.39 is 12.0 Å². The van der Waals surface area contributed by atoms with Gasteiger partial charge in [-0.05, 0) is 26.7 Å². The molecule has 0 fully saturated rings. The highest BCUT2D eigenvalue weighted by atomic mass is 16.5. The van der Waals surface area contributed by atoms with Crippen molar-refractivity contribution in [1.82, 2.24) is 0 Å². The van der Waals surface area contributed by atoms with Crippen molar-refractivity contribution in [1.29, 1.82) is 0 Å². The highest BCUT2D eigenvalue weighted by Crippen LogP contribution is 1.98. The summed E-state index contributed by atoms with van der Waals surface area (Å²) in [6.45, 7) is 3.61. The molecule has 0 aliphatic rings. The van der Waals surface area contributed by atoms with Gasteiger partial charge in [-0.25, -0.2) is 0 Å². The fourth-order valence-corrected chi connectivity index (χ4v) is 0.749. The number of aliphatic hydroxyl groups excluding tert-OH is 1. The van der Waals surface area contributed by atoms with E-state index in [2.05, 4.69) is 0 Å². The second-order valence-corrected chi connectivity index (χ2v) is 2.96. The summed E-state index contributed by atoms with van der Waals surface area (Å²) in [6, 6.07) is -0.598. The van der Waals surface area contributed by atoms with Gasteiger partial charge in [0.2, 0.25) is 0 Å². The summed E-state index contributed by atoms with van der Waals surface area (Å²) >= 11 is 0. The van der Waals surface area contributed by atoms with Crippen LogP contribution < -0.4 is 5.73 Å². The van der Waals surface area contributed by atoms with Gasteiger partial charge < -0.3 is 15.6 Å². The SMILES string of the molecule is CC(C)OC(=O)C(N)CCCO. The molecule has 0 aromatic heterocycles. The topological polar surface area (TPSA) is 72.5 Å². The summed E-state index contributed by atoms with van der Waals surface area (Å²) in [5.41, 5.74) is 5.47. The maximum atomic E-state index is 11.0. The first kappa shape index (κ1) is 11.4. The monoisotopic (exact) mass is 175 g/mol. The van der Waals surface area contributed by atoms with Gasteiger partial charge in [0.25, 0.3) is 0 Å². The van der Waals surface area contributed by atoms with E-state index in [-0.39, 0.29) is 12.7 Å². The van der Waals surface area contributed by atoms with Gasteiger partial charge in [0.1, 0.15) is 6.04 Å². The average Bonchev–Trinajstić information content (AvgIpc) is 1.98. The van der Waals surface area contributed by atoms with Crippen LogP contribution in [0, 0.1) is 0 Å². The quantitative estimate of drug-likeness (QED) is 0.578. The van der Waals surface area contributed by atoms with E-state index in [1.54, 1.807) is 13.8 Å². The Morgan fingerprint density at radius 1 is 1.58 bits per heavy atom. The molecule has 0 saturated heterocycles. The zero-order chi connectivity index (χ0) is 9.56. The van der Waals surface area contributed by atoms with E-state index in [1.165, 1.54) is 0 Å². The fraction of sp³-hybridized carbons (Fsp3) is 0.875. The molecular formula is C8H17NO3. The van der Waals surface area contributed by atoms with Crippen LogP contribution in [0.4, 0.5) is 0 Å². The minimum atomic E-state index is -0.598. The zero-order valence-corrected chi connectivity index (χ0v) is 7.62. The van der Waals surface area contributed by atoms with E-state index in [9.17, 15) is 4.79 Å². The third-order valence-corrected chi connectivity index (χ3v) is 1.33. The van der Waals surface area contributed by atoms with Crippen molar-refractivity contribution in [3.8, 4) is 0 Å². The van der Waals surface area contributed by atoms with Crippen LogP contribution in [-0.2, 0) is 9.53 Å². The lowest BCUT2D eigenvalue weighted by molar-refractivity contribution is -0.149. The van der Waals surface area contributed by atoms with Crippen LogP contribution in [0.1, 0.15) is 26.7 Å². The molecule has 1 atom stereocenters. The average molecular weight is 175 g/mol. The fourth-order valence-electron chi connectivity index (χ4n) is 0.749. The summed E-state index contributed by atoms with van der Waals surface area (Å²) in [5.74, 6) is -0.390. The molecule has 0 rings (SSSR count). The molecule has 1 unspecified atom stereocenters. The molecule has 0 aliphatic heterocycles. The second kappa shape index (κ2) is 5.97. The van der Waals surface area contributed by atoms with Crippen molar-refractivity contribution in [3.05, 3.63) is 0 Å². The number of ether oxygens (including phenoxy) is 1. The molecule has 4 nitrogen and oxygen atoms in total. The minimum Gasteiger partial charge on any atom is -0.462 e. The van der Waals surface area contributed by atoms with Crippen LogP contribution in [0.15, 0.2) is 0 Å². The molecule has 0 aromatic rings. The Morgan fingerprint density at radius 3 is 2.58 bits per heavy atom. The van der Waals surface area contributed by atoms with Gasteiger partial charge in [0, 0.05) is 6.61 Å². The van der Waals surface area contributed by atoms with Gasteiger partial charge in [-0.15, -0.1) is 0 Å². The van der Waals surface area contributed by atoms with Gasteiger partial charge in [-0.3, -0.25) is 4.79 Å². The van der Waals surface area contributed by atoms with Gasteiger partial charge in [-0.2, -0.15) is 0 Å². The standard InChI is InChI=1S/C8H17NO3/c1-6(2)12-8(11)7(9)4-3-5-10/h6-7,10H,3-5,9H2,1-2H3. The molecule has 0 spiro atoms. The molecule has 0 saturated carbocycles. The van der Waals surface area contributed by atoms with Crippen molar-refractivity contribution >= 4 is 5.97 Å². The third kappa shape index (κ3) is 5.09. The van der Waals surface area contributed by atoms with Crippen molar-refractivity contribution < 1.29 is 14.6 Å². The minimum absolute atomic E-state index is 0.0582. The van der Waals surface area contributed by atoms with Crippen molar-refractivity contribution in [3.63, 3.8) is 0 Å². The maximum Gasteiger partial charge on any atom is 0.323 e. The number of carbonyl (C=O) groups excluding carboxylic acids is 1. The number of nitrogens with two attached hydrogens (primary N) is 1. The Hall–Kier alpha value is -0.610. The maximum absolute atomic E-state index is 11.0. The summed E-state index contributed by atoms with van der Waals surface area (Å²) in [4.78, 5) is 11.0. The molecule has 12 heavy (non-hydrogen) atoms. The Bertz CT molecular complexity index is 136. The largest absolute Gasteiger partial charge is 0.462 e. The molecule has 72 valence electrons. The molecule has 3 N–H and O–H groups in total. The van der Waals surface area contributed by atoms with Gasteiger partial charge in [-0.1, -0.05) is 0 Å². The Balaban J connectivity index is 3.61. The van der Waals surface area contributed by atoms with E-state index in [0.29, 0.717) is 12.8 Å². The van der Waals surface area contributed by atoms with Crippen LogP contribution in [0.5, 0.6) is 0 Å². The number of hydrogen-bond acceptors (Lipinski definition) is 4. The normalized spacial score (nSPS) is 13.1. The number of hydrogen-bond donors (Lipinski definition) is 2. The second-order valence-electron chi connectivity index (χ2n) is 2.96. The zero-order valence-electron chi connectivity index (χ0n) is 7.62. The molecule has 0 bridgehead atoms. The summed E-state index contributed by atoms with van der Waals surface area (Å²) in [6.07, 6.45) is 0.883. The van der Waals surface area contributed by atoms with Gasteiger partial charge in [0.05, 0.1) is 6.10 Å². The van der Waals surface area contributed by atoms with E-state index in [1.807, 2.05) is 0 Å². The first-order valence-corrected chi connectivity index (χ1v) is 4.15. The van der Waals surface area contributed by atoms with Crippen LogP contribution in [0.3, 0.4) is 0 Å². The Morgan fingerprint density at radius 2 is 2.17 bits per heavy atom. The van der Waals surface area contributed by atoms with Crippen molar-refractivity contribution in [2.24, 2.45) is 5.73 Å². The number of rotatable bonds is 5. The molecule has 0 aliphatic carbocycles.